The van der Waals surface area contributed by atoms with Crippen molar-refractivity contribution in [1.82, 2.24) is 0 Å². The van der Waals surface area contributed by atoms with Crippen molar-refractivity contribution in [3.8, 4) is 6.07 Å². The molecule has 0 fully saturated rings. The number of rotatable bonds is 5. The number of halogens is 3. The molecule has 0 bridgehead atoms. The highest BCUT2D eigenvalue weighted by molar-refractivity contribution is 7.98. The van der Waals surface area contributed by atoms with Crippen molar-refractivity contribution in [2.45, 2.75) is 56.6 Å². The van der Waals surface area contributed by atoms with E-state index in [1.165, 1.54) is 0 Å². The number of ketones is 1. The van der Waals surface area contributed by atoms with Crippen LogP contribution >= 0.6 is 46.6 Å². The first kappa shape index (κ1) is 28.6. The Labute approximate surface area is 254 Å². The van der Waals surface area contributed by atoms with Crippen molar-refractivity contribution < 1.29 is 4.79 Å². The summed E-state index contributed by atoms with van der Waals surface area (Å²) in [7, 11) is 0. The van der Waals surface area contributed by atoms with Crippen LogP contribution in [0.4, 0.5) is 5.69 Å². The Bertz CT molecular complexity index is 1650. The molecule has 5 rings (SSSR count). The number of allylic oxidation sites excluding steroid dienone is 3. The molecule has 8 heteroatoms. The van der Waals surface area contributed by atoms with Gasteiger partial charge in [0.25, 0.3) is 0 Å². The van der Waals surface area contributed by atoms with Gasteiger partial charge < -0.3 is 5.73 Å². The summed E-state index contributed by atoms with van der Waals surface area (Å²) in [5, 5.41) is 12.4. The number of nitrogens with two attached hydrogens (primary N) is 1. The second kappa shape index (κ2) is 11.5. The minimum absolute atomic E-state index is 0.0535. The number of nitrogens with zero attached hydrogens (tertiary/aromatic N) is 2. The van der Waals surface area contributed by atoms with Crippen LogP contribution < -0.4 is 10.6 Å². The second-order valence-corrected chi connectivity index (χ2v) is 12.5. The number of hydrogen-bond acceptors (Lipinski definition) is 5. The number of thioether (sulfide) groups is 1. The van der Waals surface area contributed by atoms with E-state index in [9.17, 15) is 10.1 Å². The number of carbonyl (C=O) groups is 1. The molecule has 1 atom stereocenters. The fourth-order valence-corrected chi connectivity index (χ4v) is 7.36. The quantitative estimate of drug-likeness (QED) is 0.293. The Morgan fingerprint density at radius 3 is 2.55 bits per heavy atom. The van der Waals surface area contributed by atoms with Gasteiger partial charge in [-0.3, -0.25) is 9.69 Å². The third-order valence-electron chi connectivity index (χ3n) is 7.71. The molecule has 3 aromatic rings. The van der Waals surface area contributed by atoms with Crippen molar-refractivity contribution in [3.63, 3.8) is 0 Å². The molecule has 2 N–H and O–H groups in total. The Morgan fingerprint density at radius 1 is 1.02 bits per heavy atom. The fourth-order valence-electron chi connectivity index (χ4n) is 5.64. The molecule has 2 aliphatic rings. The smallest absolute Gasteiger partial charge is 0.161 e. The van der Waals surface area contributed by atoms with Gasteiger partial charge in [-0.1, -0.05) is 53.0 Å². The van der Waals surface area contributed by atoms with E-state index < -0.39 is 5.92 Å². The average molecular weight is 609 g/mol. The molecule has 0 saturated carbocycles. The zero-order chi connectivity index (χ0) is 28.7. The highest BCUT2D eigenvalue weighted by atomic mass is 35.5. The lowest BCUT2D eigenvalue weighted by Gasteiger charge is -2.40. The normalized spacial score (nSPS) is 17.3. The van der Waals surface area contributed by atoms with Crippen LogP contribution in [0.25, 0.3) is 0 Å². The summed E-state index contributed by atoms with van der Waals surface area (Å²) in [5.41, 5.74) is 14.5. The Morgan fingerprint density at radius 2 is 1.80 bits per heavy atom. The molecule has 1 aliphatic carbocycles. The number of aryl methyl sites for hydroxylation is 2. The van der Waals surface area contributed by atoms with Gasteiger partial charge in [0.2, 0.25) is 0 Å². The first-order valence-electron chi connectivity index (χ1n) is 13.0. The van der Waals surface area contributed by atoms with E-state index in [2.05, 4.69) is 25.1 Å². The summed E-state index contributed by atoms with van der Waals surface area (Å²) in [6.45, 7) is 6.02. The standard InChI is InChI=1S/C32H28Cl3N3OS/c1-17-12-18(2)22(13-20(17)16-40-29-14-21(33)10-11-25(29)35)30-23(15-36)32(37)38(26-7-4-6-24(34)19(26)3)27-8-5-9-28(39)31(27)30/h4,6-7,10-14,30H,5,8-9,16,37H2,1-3H3. The highest BCUT2D eigenvalue weighted by Crippen LogP contribution is 2.48. The van der Waals surface area contributed by atoms with Crippen molar-refractivity contribution in [2.24, 2.45) is 5.73 Å². The highest BCUT2D eigenvalue weighted by Gasteiger charge is 2.41. The summed E-state index contributed by atoms with van der Waals surface area (Å²) < 4.78 is 0. The van der Waals surface area contributed by atoms with Crippen LogP contribution in [0.1, 0.15) is 53.0 Å². The number of benzene rings is 3. The minimum Gasteiger partial charge on any atom is -0.384 e. The van der Waals surface area contributed by atoms with Gasteiger partial charge in [-0.25, -0.2) is 0 Å². The average Bonchev–Trinajstić information content (AvgIpc) is 2.92. The molecule has 1 heterocycles. The van der Waals surface area contributed by atoms with Gasteiger partial charge in [-0.05, 0) is 91.8 Å². The third kappa shape index (κ3) is 5.15. The molecule has 0 saturated heterocycles. The van der Waals surface area contributed by atoms with Crippen LogP contribution in [-0.2, 0) is 10.5 Å². The molecule has 0 spiro atoms. The van der Waals surface area contributed by atoms with Crippen LogP contribution in [0.15, 0.2) is 76.1 Å². The van der Waals surface area contributed by atoms with Gasteiger partial charge in [0.05, 0.1) is 28.3 Å². The van der Waals surface area contributed by atoms with E-state index in [0.29, 0.717) is 50.6 Å². The minimum atomic E-state index is -0.539. The van der Waals surface area contributed by atoms with Crippen molar-refractivity contribution in [2.75, 3.05) is 4.90 Å². The molecular weight excluding hydrogens is 581 g/mol. The van der Waals surface area contributed by atoms with E-state index >= 15 is 0 Å². The van der Waals surface area contributed by atoms with E-state index in [1.807, 2.05) is 43.0 Å². The fraction of sp³-hybridized carbons (Fsp3) is 0.250. The molecular formula is C32H28Cl3N3OS. The molecule has 0 amide bonds. The van der Waals surface area contributed by atoms with E-state index in [4.69, 9.17) is 40.5 Å². The van der Waals surface area contributed by atoms with Gasteiger partial charge in [0.1, 0.15) is 5.82 Å². The lowest BCUT2D eigenvalue weighted by atomic mass is 9.74. The maximum Gasteiger partial charge on any atom is 0.161 e. The van der Waals surface area contributed by atoms with Gasteiger partial charge >= 0.3 is 0 Å². The number of Topliss-reactive ketones (excluding diaryl/α,β-unsaturated/α-hetero) is 1. The SMILES string of the molecule is Cc1cc(C)c(C2C(C#N)=C(N)N(c3cccc(Cl)c3C)C3=C2C(=O)CCC3)cc1CSc1cc(Cl)ccc1Cl. The summed E-state index contributed by atoms with van der Waals surface area (Å²) >= 11 is 20.7. The van der Waals surface area contributed by atoms with Crippen molar-refractivity contribution in [1.29, 1.82) is 5.26 Å². The first-order chi connectivity index (χ1) is 19.1. The van der Waals surface area contributed by atoms with Gasteiger partial charge in [-0.2, -0.15) is 5.26 Å². The van der Waals surface area contributed by atoms with Crippen molar-refractivity contribution >= 4 is 58.0 Å². The maximum atomic E-state index is 13.6. The predicted octanol–water partition coefficient (Wildman–Crippen LogP) is 9.17. The number of carbonyl (C=O) groups excluding carboxylic acids is 1. The Kier molecular flexibility index (Phi) is 8.27. The van der Waals surface area contributed by atoms with Gasteiger partial charge in [0, 0.05) is 38.4 Å². The summed E-state index contributed by atoms with van der Waals surface area (Å²) in [6, 6.07) is 17.7. The largest absolute Gasteiger partial charge is 0.384 e. The third-order valence-corrected chi connectivity index (χ3v) is 9.90. The molecule has 40 heavy (non-hydrogen) atoms. The second-order valence-electron chi connectivity index (χ2n) is 10.2. The van der Waals surface area contributed by atoms with Crippen LogP contribution in [-0.4, -0.2) is 5.78 Å². The molecule has 4 nitrogen and oxygen atoms in total. The zero-order valence-electron chi connectivity index (χ0n) is 22.4. The van der Waals surface area contributed by atoms with Crippen LogP contribution in [0, 0.1) is 32.1 Å². The summed E-state index contributed by atoms with van der Waals surface area (Å²) in [4.78, 5) is 16.4. The van der Waals surface area contributed by atoms with Crippen LogP contribution in [0.5, 0.6) is 0 Å². The van der Waals surface area contributed by atoms with E-state index in [0.717, 1.165) is 50.5 Å². The summed E-state index contributed by atoms with van der Waals surface area (Å²) in [5.74, 6) is 0.508. The zero-order valence-corrected chi connectivity index (χ0v) is 25.5. The first-order valence-corrected chi connectivity index (χ1v) is 15.1. The lowest BCUT2D eigenvalue weighted by molar-refractivity contribution is -0.116. The number of nitriles is 1. The lowest BCUT2D eigenvalue weighted by Crippen LogP contribution is -2.39. The monoisotopic (exact) mass is 607 g/mol. The topological polar surface area (TPSA) is 70.1 Å². The van der Waals surface area contributed by atoms with Crippen LogP contribution in [0.2, 0.25) is 15.1 Å². The predicted molar refractivity (Wildman–Crippen MR) is 166 cm³/mol. The molecule has 204 valence electrons. The van der Waals surface area contributed by atoms with Gasteiger partial charge in [-0.15, -0.1) is 11.8 Å². The van der Waals surface area contributed by atoms with E-state index in [1.54, 1.807) is 23.9 Å². The molecule has 3 aromatic carbocycles. The van der Waals surface area contributed by atoms with Crippen LogP contribution in [0.3, 0.4) is 0 Å². The molecule has 1 aliphatic heterocycles. The number of anilines is 1. The maximum absolute atomic E-state index is 13.6. The molecule has 1 unspecified atom stereocenters. The molecule has 0 aromatic heterocycles. The number of hydrogen-bond donors (Lipinski definition) is 1. The van der Waals surface area contributed by atoms with E-state index in [-0.39, 0.29) is 5.78 Å². The molecule has 0 radical (unpaired) electrons. The Balaban J connectivity index is 1.65. The summed E-state index contributed by atoms with van der Waals surface area (Å²) in [6.07, 6.45) is 1.85. The Hall–Kier alpha value is -2.88. The van der Waals surface area contributed by atoms with Crippen molar-refractivity contribution in [3.05, 3.63) is 114 Å². The van der Waals surface area contributed by atoms with Gasteiger partial charge in [0.15, 0.2) is 5.78 Å².